The van der Waals surface area contributed by atoms with Gasteiger partial charge in [-0.3, -0.25) is 14.2 Å². The second-order valence-electron chi connectivity index (χ2n) is 4.88. The maximum absolute atomic E-state index is 12.3. The lowest BCUT2D eigenvalue weighted by Gasteiger charge is -2.33. The Kier molecular flexibility index (Phi) is 2.61. The van der Waals surface area contributed by atoms with Gasteiger partial charge in [0.15, 0.2) is 0 Å². The Labute approximate surface area is 118 Å². The van der Waals surface area contributed by atoms with Crippen LogP contribution in [-0.4, -0.2) is 22.4 Å². The highest BCUT2D eigenvalue weighted by Gasteiger charge is 2.50. The van der Waals surface area contributed by atoms with E-state index in [-0.39, 0.29) is 11.5 Å². The summed E-state index contributed by atoms with van der Waals surface area (Å²) in [5.41, 5.74) is -0.347. The standard InChI is InChI=1S/C12H12BrClN2O2/c1-15-11(18)9-8(14)6-7(13)10(17)16(9)12(15)4-2-3-5-12/h6H,2-5H2,1H3. The summed E-state index contributed by atoms with van der Waals surface area (Å²) >= 11 is 9.35. The molecule has 1 aliphatic heterocycles. The molecule has 1 aromatic heterocycles. The van der Waals surface area contributed by atoms with Gasteiger partial charge in [-0.25, -0.2) is 0 Å². The minimum absolute atomic E-state index is 0.161. The van der Waals surface area contributed by atoms with E-state index in [1.807, 2.05) is 0 Å². The second kappa shape index (κ2) is 3.84. The Morgan fingerprint density at radius 1 is 1.33 bits per heavy atom. The molecule has 4 nitrogen and oxygen atoms in total. The lowest BCUT2D eigenvalue weighted by molar-refractivity contribution is 0.0504. The minimum atomic E-state index is -0.503. The third-order valence-corrected chi connectivity index (χ3v) is 4.92. The van der Waals surface area contributed by atoms with Crippen molar-refractivity contribution in [3.8, 4) is 0 Å². The van der Waals surface area contributed by atoms with Gasteiger partial charge in [-0.15, -0.1) is 0 Å². The van der Waals surface area contributed by atoms with E-state index in [1.165, 1.54) is 6.07 Å². The van der Waals surface area contributed by atoms with Gasteiger partial charge in [0.2, 0.25) is 0 Å². The fourth-order valence-corrected chi connectivity index (χ4v) is 3.96. The van der Waals surface area contributed by atoms with E-state index >= 15 is 0 Å². The number of hydrogen-bond acceptors (Lipinski definition) is 2. The molecule has 2 heterocycles. The van der Waals surface area contributed by atoms with Crippen LogP contribution in [0.4, 0.5) is 0 Å². The average molecular weight is 332 g/mol. The van der Waals surface area contributed by atoms with E-state index in [2.05, 4.69) is 15.9 Å². The molecule has 0 unspecified atom stereocenters. The van der Waals surface area contributed by atoms with Crippen LogP contribution >= 0.6 is 27.5 Å². The van der Waals surface area contributed by atoms with Crippen molar-refractivity contribution in [3.63, 3.8) is 0 Å². The van der Waals surface area contributed by atoms with Gasteiger partial charge in [-0.2, -0.15) is 0 Å². The molecular weight excluding hydrogens is 320 g/mol. The topological polar surface area (TPSA) is 42.3 Å². The number of pyridine rings is 1. The van der Waals surface area contributed by atoms with Crippen molar-refractivity contribution in [1.82, 2.24) is 9.47 Å². The van der Waals surface area contributed by atoms with Crippen LogP contribution in [0.25, 0.3) is 0 Å². The van der Waals surface area contributed by atoms with Crippen LogP contribution in [0.5, 0.6) is 0 Å². The Balaban J connectivity index is 2.39. The SMILES string of the molecule is CN1C(=O)c2c(Cl)cc(Br)c(=O)n2C12CCCC2. The van der Waals surface area contributed by atoms with Crippen LogP contribution in [0.15, 0.2) is 15.3 Å². The average Bonchev–Trinajstić information content (AvgIpc) is 2.88. The number of nitrogens with zero attached hydrogens (tertiary/aromatic N) is 2. The quantitative estimate of drug-likeness (QED) is 0.733. The van der Waals surface area contributed by atoms with Gasteiger partial charge < -0.3 is 4.90 Å². The second-order valence-corrected chi connectivity index (χ2v) is 6.14. The van der Waals surface area contributed by atoms with Crippen molar-refractivity contribution in [2.45, 2.75) is 31.3 Å². The first-order chi connectivity index (χ1) is 8.49. The van der Waals surface area contributed by atoms with Gasteiger partial charge in [0.25, 0.3) is 11.5 Å². The molecule has 18 heavy (non-hydrogen) atoms. The molecule has 3 rings (SSSR count). The van der Waals surface area contributed by atoms with Gasteiger partial charge in [0.1, 0.15) is 11.4 Å². The van der Waals surface area contributed by atoms with E-state index in [4.69, 9.17) is 11.6 Å². The molecule has 0 radical (unpaired) electrons. The Morgan fingerprint density at radius 2 is 1.94 bits per heavy atom. The fraction of sp³-hybridized carbons (Fsp3) is 0.500. The molecule has 2 aliphatic rings. The molecule has 0 atom stereocenters. The molecule has 1 aromatic rings. The summed E-state index contributed by atoms with van der Waals surface area (Å²) in [6, 6.07) is 1.51. The van der Waals surface area contributed by atoms with E-state index in [9.17, 15) is 9.59 Å². The maximum Gasteiger partial charge on any atom is 0.273 e. The van der Waals surface area contributed by atoms with Gasteiger partial charge in [-0.1, -0.05) is 11.6 Å². The smallest absolute Gasteiger partial charge is 0.273 e. The molecule has 0 aromatic carbocycles. The summed E-state index contributed by atoms with van der Waals surface area (Å²) < 4.78 is 2.00. The summed E-state index contributed by atoms with van der Waals surface area (Å²) in [6.45, 7) is 0. The molecule has 96 valence electrons. The van der Waals surface area contributed by atoms with Gasteiger partial charge in [0, 0.05) is 7.05 Å². The van der Waals surface area contributed by atoms with E-state index in [1.54, 1.807) is 16.5 Å². The number of carbonyl (C=O) groups excluding carboxylic acids is 1. The number of rotatable bonds is 0. The number of fused-ring (bicyclic) bond motifs is 2. The van der Waals surface area contributed by atoms with Crippen molar-refractivity contribution < 1.29 is 4.79 Å². The number of aromatic nitrogens is 1. The predicted octanol–water partition coefficient (Wildman–Crippen LogP) is 2.58. The molecule has 1 saturated carbocycles. The highest BCUT2D eigenvalue weighted by molar-refractivity contribution is 9.10. The fourth-order valence-electron chi connectivity index (χ4n) is 3.15. The van der Waals surface area contributed by atoms with E-state index in [0.717, 1.165) is 25.7 Å². The molecule has 1 aliphatic carbocycles. The molecule has 0 bridgehead atoms. The summed E-state index contributed by atoms with van der Waals surface area (Å²) in [6.07, 6.45) is 3.67. The van der Waals surface area contributed by atoms with Crippen molar-refractivity contribution in [2.24, 2.45) is 0 Å². The van der Waals surface area contributed by atoms with Crippen molar-refractivity contribution in [3.05, 3.63) is 31.6 Å². The van der Waals surface area contributed by atoms with Crippen molar-refractivity contribution in [1.29, 1.82) is 0 Å². The van der Waals surface area contributed by atoms with Gasteiger partial charge in [-0.05, 0) is 47.7 Å². The van der Waals surface area contributed by atoms with Gasteiger partial charge in [0.05, 0.1) is 9.50 Å². The van der Waals surface area contributed by atoms with Crippen molar-refractivity contribution >= 4 is 33.4 Å². The zero-order valence-electron chi connectivity index (χ0n) is 9.87. The molecule has 0 N–H and O–H groups in total. The summed E-state index contributed by atoms with van der Waals surface area (Å²) in [5, 5.41) is 0.335. The Morgan fingerprint density at radius 3 is 2.56 bits per heavy atom. The summed E-state index contributed by atoms with van der Waals surface area (Å²) in [7, 11) is 1.75. The first-order valence-corrected chi connectivity index (χ1v) is 7.06. The molecular formula is C12H12BrClN2O2. The summed E-state index contributed by atoms with van der Waals surface area (Å²) in [5.74, 6) is -0.161. The molecule has 1 amide bonds. The van der Waals surface area contributed by atoms with Crippen LogP contribution in [-0.2, 0) is 5.66 Å². The van der Waals surface area contributed by atoms with Crippen LogP contribution in [0.2, 0.25) is 5.02 Å². The van der Waals surface area contributed by atoms with Gasteiger partial charge >= 0.3 is 0 Å². The minimum Gasteiger partial charge on any atom is -0.317 e. The molecule has 1 spiro atoms. The van der Waals surface area contributed by atoms with E-state index in [0.29, 0.717) is 15.2 Å². The molecule has 6 heteroatoms. The van der Waals surface area contributed by atoms with Crippen molar-refractivity contribution in [2.75, 3.05) is 7.05 Å². The highest BCUT2D eigenvalue weighted by Crippen LogP contribution is 2.44. The third-order valence-electron chi connectivity index (χ3n) is 4.06. The summed E-state index contributed by atoms with van der Waals surface area (Å²) in [4.78, 5) is 26.3. The third kappa shape index (κ3) is 1.32. The molecule has 1 fully saturated rings. The van der Waals surface area contributed by atoms with Crippen LogP contribution < -0.4 is 5.56 Å². The van der Waals surface area contributed by atoms with Crippen LogP contribution in [0, 0.1) is 0 Å². The highest BCUT2D eigenvalue weighted by atomic mass is 79.9. The maximum atomic E-state index is 12.3. The number of amides is 1. The van der Waals surface area contributed by atoms with Crippen LogP contribution in [0.1, 0.15) is 36.2 Å². The first kappa shape index (κ1) is 12.2. The van der Waals surface area contributed by atoms with Crippen LogP contribution in [0.3, 0.4) is 0 Å². The predicted molar refractivity (Wildman–Crippen MR) is 71.9 cm³/mol. The lowest BCUT2D eigenvalue weighted by atomic mass is 10.1. The zero-order chi connectivity index (χ0) is 13.1. The number of carbonyl (C=O) groups is 1. The lowest BCUT2D eigenvalue weighted by Crippen LogP contribution is -2.46. The van der Waals surface area contributed by atoms with E-state index < -0.39 is 5.66 Å². The zero-order valence-corrected chi connectivity index (χ0v) is 12.2. The number of halogens is 2. The monoisotopic (exact) mass is 330 g/mol. The molecule has 0 saturated heterocycles. The normalized spacial score (nSPS) is 20.8. The Bertz CT molecular complexity index is 605. The Hall–Kier alpha value is -0.810. The number of hydrogen-bond donors (Lipinski definition) is 0. The largest absolute Gasteiger partial charge is 0.317 e. The first-order valence-electron chi connectivity index (χ1n) is 5.89.